The van der Waals surface area contributed by atoms with Crippen molar-refractivity contribution in [3.8, 4) is 0 Å². The van der Waals surface area contributed by atoms with Gasteiger partial charge in [-0.15, -0.1) is 0 Å². The molecule has 0 saturated heterocycles. The highest BCUT2D eigenvalue weighted by Crippen LogP contribution is 2.30. The van der Waals surface area contributed by atoms with Crippen molar-refractivity contribution < 1.29 is 13.7 Å². The lowest BCUT2D eigenvalue weighted by atomic mass is 9.92. The molecule has 0 atom stereocenters. The second-order valence-electron chi connectivity index (χ2n) is 31.9. The monoisotopic (exact) mass is 1470 g/mol. The van der Waals surface area contributed by atoms with E-state index < -0.39 is 0 Å². The molecule has 14 aromatic rings. The number of hydrogen-bond donors (Lipinski definition) is 0. The fraction of sp³-hybridized carbons (Fsp3) is 0.356. The van der Waals surface area contributed by atoms with Crippen LogP contribution in [0.4, 0.5) is 0 Å². The van der Waals surface area contributed by atoms with Gasteiger partial charge in [0.05, 0.1) is 18.1 Å². The standard InChI is InChI=1S/2C14H16.3C13H16N.2C9H13N.2C8H12N2/c1-10(2)14-9-13-7-5-4-6-12(13)8-11(14)3;1-10(2)14-11(3)8-9-12-6-4-5-7-13(12)14;2*1-10(2)13-8-11-6-4-5-7-12(11)9-14(13)3;1-10(2)13-12-7-5-4-6-11(12)8-9-14(13)3;1-7(2)9-4-5-10-6-8(9)3;1-7(2)9-8(3)5-4-6-10-9;1-6(2)8-5-10-9-4-7(8)3;1-6(2)8-7(3)4-5-9-10-8/h5*4-10H,1-3H3;2*4-7H,1-3H3;2*4-6H,1-3H3/q;;3*+1;;;;. The summed E-state index contributed by atoms with van der Waals surface area (Å²) >= 11 is 0. The number of aryl methyl sites for hydroxylation is 9. The molecule has 0 aliphatic rings. The second-order valence-corrected chi connectivity index (χ2v) is 31.9. The van der Waals surface area contributed by atoms with Gasteiger partial charge in [-0.25, -0.2) is 13.7 Å². The van der Waals surface area contributed by atoms with Crippen LogP contribution in [0.2, 0.25) is 0 Å². The molecule has 0 aliphatic heterocycles. The van der Waals surface area contributed by atoms with E-state index in [1.807, 2.05) is 36.9 Å². The minimum atomic E-state index is 0.480. The smallest absolute Gasteiger partial charge is 0.191 e. The molecule has 0 spiro atoms. The summed E-state index contributed by atoms with van der Waals surface area (Å²) in [5.41, 5.74) is 19.9. The Labute approximate surface area is 662 Å². The van der Waals surface area contributed by atoms with Crippen molar-refractivity contribution in [1.29, 1.82) is 0 Å². The summed E-state index contributed by atoms with van der Waals surface area (Å²) in [5.74, 6) is 5.11. The van der Waals surface area contributed by atoms with Gasteiger partial charge in [0.1, 0.15) is 21.1 Å². The highest BCUT2D eigenvalue weighted by Gasteiger charge is 2.17. The average Bonchev–Trinajstić information content (AvgIpc) is 0.833. The van der Waals surface area contributed by atoms with E-state index in [0.29, 0.717) is 53.3 Å². The summed E-state index contributed by atoms with van der Waals surface area (Å²) in [6.45, 7) is 52.4. The van der Waals surface area contributed by atoms with Gasteiger partial charge in [-0.3, -0.25) is 9.97 Å². The minimum Gasteiger partial charge on any atom is -0.264 e. The molecule has 0 bridgehead atoms. The molecule has 0 unspecified atom stereocenters. The molecule has 0 amide bonds. The van der Waals surface area contributed by atoms with Crippen molar-refractivity contribution in [2.75, 3.05) is 0 Å². The van der Waals surface area contributed by atoms with Crippen molar-refractivity contribution in [2.24, 2.45) is 21.1 Å². The fourth-order valence-corrected chi connectivity index (χ4v) is 14.2. The first-order valence-corrected chi connectivity index (χ1v) is 39.8. The van der Waals surface area contributed by atoms with Crippen molar-refractivity contribution in [2.45, 2.75) is 219 Å². The number of benzene rings is 7. The van der Waals surface area contributed by atoms with Crippen LogP contribution in [0.25, 0.3) is 53.9 Å². The fourth-order valence-electron chi connectivity index (χ4n) is 14.2. The normalized spacial score (nSPS) is 10.9. The van der Waals surface area contributed by atoms with Gasteiger partial charge in [0.2, 0.25) is 0 Å². The van der Waals surface area contributed by atoms with Crippen LogP contribution < -0.4 is 13.7 Å². The third-order valence-corrected chi connectivity index (χ3v) is 19.8. The van der Waals surface area contributed by atoms with Gasteiger partial charge in [-0.2, -0.15) is 20.4 Å². The largest absolute Gasteiger partial charge is 0.264 e. The number of aromatic nitrogens is 9. The van der Waals surface area contributed by atoms with Crippen LogP contribution in [0.5, 0.6) is 0 Å². The summed E-state index contributed by atoms with van der Waals surface area (Å²) in [4.78, 5) is 8.31. The van der Waals surface area contributed by atoms with Crippen LogP contribution in [-0.2, 0) is 21.1 Å². The minimum absolute atomic E-state index is 0.480. The third-order valence-electron chi connectivity index (χ3n) is 19.8. The van der Waals surface area contributed by atoms with E-state index in [1.54, 1.807) is 12.4 Å². The lowest BCUT2D eigenvalue weighted by Gasteiger charge is -2.13. The highest BCUT2D eigenvalue weighted by molar-refractivity contribution is 5.88. The summed E-state index contributed by atoms with van der Waals surface area (Å²) in [6.07, 6.45) is 17.5. The average molecular weight is 1470 g/mol. The number of pyridine rings is 5. The molecule has 7 aromatic carbocycles. The molecule has 7 heterocycles. The van der Waals surface area contributed by atoms with Crippen LogP contribution in [0, 0.1) is 41.5 Å². The molecule has 0 saturated carbocycles. The van der Waals surface area contributed by atoms with Crippen LogP contribution in [-0.4, -0.2) is 30.4 Å². The maximum Gasteiger partial charge on any atom is 0.191 e. The first-order chi connectivity index (χ1) is 52.3. The lowest BCUT2D eigenvalue weighted by Crippen LogP contribution is -2.33. The molecule has 0 fully saturated rings. The Balaban J connectivity index is 0.000000194. The van der Waals surface area contributed by atoms with E-state index in [-0.39, 0.29) is 0 Å². The lowest BCUT2D eigenvalue weighted by molar-refractivity contribution is -0.679. The van der Waals surface area contributed by atoms with Crippen LogP contribution in [0.3, 0.4) is 0 Å². The van der Waals surface area contributed by atoms with E-state index in [1.165, 1.54) is 132 Å². The maximum atomic E-state index is 4.28. The summed E-state index contributed by atoms with van der Waals surface area (Å²) in [6, 6.07) is 66.6. The predicted octanol–water partition coefficient (Wildman–Crippen LogP) is 25.8. The van der Waals surface area contributed by atoms with E-state index in [9.17, 15) is 0 Å². The Morgan fingerprint density at radius 1 is 0.273 bits per heavy atom. The molecule has 0 N–H and O–H groups in total. The summed E-state index contributed by atoms with van der Waals surface area (Å²) in [5, 5.41) is 28.8. The molecule has 9 nitrogen and oxygen atoms in total. The summed E-state index contributed by atoms with van der Waals surface area (Å²) < 4.78 is 6.65. The Bertz CT molecular complexity index is 4640. The van der Waals surface area contributed by atoms with Crippen molar-refractivity contribution in [1.82, 2.24) is 30.4 Å². The third kappa shape index (κ3) is 26.2. The van der Waals surface area contributed by atoms with E-state index in [4.69, 9.17) is 0 Å². The van der Waals surface area contributed by atoms with Gasteiger partial charge in [0.25, 0.3) is 0 Å². The number of hydrogen-bond acceptors (Lipinski definition) is 6. The molecule has 0 aliphatic carbocycles. The maximum absolute atomic E-state index is 4.28. The van der Waals surface area contributed by atoms with Crippen molar-refractivity contribution in [3.63, 3.8) is 0 Å². The summed E-state index contributed by atoms with van der Waals surface area (Å²) in [7, 11) is 6.34. The van der Waals surface area contributed by atoms with Gasteiger partial charge >= 0.3 is 0 Å². The number of fused-ring (bicyclic) bond motifs is 5. The van der Waals surface area contributed by atoms with Gasteiger partial charge in [-0.1, -0.05) is 258 Å². The first-order valence-electron chi connectivity index (χ1n) is 39.8. The van der Waals surface area contributed by atoms with Crippen molar-refractivity contribution >= 4 is 53.9 Å². The predicted molar refractivity (Wildman–Crippen MR) is 471 cm³/mol. The Kier molecular flexibility index (Phi) is 35.3. The molecular weight excluding hydrogens is 1340 g/mol. The Morgan fingerprint density at radius 3 is 1.15 bits per heavy atom. The SMILES string of the molecule is CC(C)c1c2ccccc2cc[n+]1C.CC(C)c1cc2ccccc2c[n+]1C.CC(C)c1cc2ccccc2c[n+]1C.Cc1cc2ccccc2cc1C(C)C.Cc1ccc2ccccc2c1C(C)C.Cc1cccnc1C(C)C.Cc1ccnnc1C(C)C.Cc1cnccc1C(C)C.Cc1cnncc1C(C)C. The zero-order valence-electron chi connectivity index (χ0n) is 71.8. The quantitative estimate of drug-likeness (QED) is 0.134. The Hall–Kier alpha value is -10.2. The van der Waals surface area contributed by atoms with Gasteiger partial charge in [-0.05, 0) is 207 Å². The van der Waals surface area contributed by atoms with Crippen LogP contribution in [0.15, 0.2) is 244 Å². The zero-order valence-corrected chi connectivity index (χ0v) is 71.8. The molecule has 9 heteroatoms. The first kappa shape index (κ1) is 88.7. The van der Waals surface area contributed by atoms with Crippen LogP contribution >= 0.6 is 0 Å². The van der Waals surface area contributed by atoms with Gasteiger partial charge in [0.15, 0.2) is 35.7 Å². The van der Waals surface area contributed by atoms with E-state index >= 15 is 0 Å². The molecule has 7 aromatic heterocycles. The van der Waals surface area contributed by atoms with E-state index in [2.05, 4.69) is 426 Å². The van der Waals surface area contributed by atoms with Gasteiger partial charge in [0, 0.05) is 82.6 Å². The zero-order chi connectivity index (χ0) is 80.9. The molecule has 0 radical (unpaired) electrons. The van der Waals surface area contributed by atoms with Crippen LogP contribution in [0.1, 0.15) is 262 Å². The molecule has 110 heavy (non-hydrogen) atoms. The topological polar surface area (TPSA) is 89.0 Å². The molecule has 576 valence electrons. The van der Waals surface area contributed by atoms with E-state index in [0.717, 1.165) is 5.69 Å². The highest BCUT2D eigenvalue weighted by atomic mass is 15.1. The number of rotatable bonds is 9. The van der Waals surface area contributed by atoms with Gasteiger partial charge < -0.3 is 0 Å². The second kappa shape index (κ2) is 43.8. The molecule has 14 rings (SSSR count). The Morgan fingerprint density at radius 2 is 0.727 bits per heavy atom. The number of nitrogens with zero attached hydrogens (tertiary/aromatic N) is 9. The molecular formula is C101H130N9+3. The van der Waals surface area contributed by atoms with Crippen molar-refractivity contribution in [3.05, 3.63) is 328 Å².